The van der Waals surface area contributed by atoms with Crippen molar-refractivity contribution in [3.8, 4) is 0 Å². The Morgan fingerprint density at radius 2 is 1.68 bits per heavy atom. The van der Waals surface area contributed by atoms with Crippen molar-refractivity contribution < 1.29 is 14.6 Å². The predicted molar refractivity (Wildman–Crippen MR) is 85.5 cm³/mol. The maximum Gasteiger partial charge on any atom is 0.281 e. The van der Waals surface area contributed by atoms with Crippen LogP contribution in [0.5, 0.6) is 0 Å². The lowest BCUT2D eigenvalue weighted by atomic mass is 9.43. The lowest BCUT2D eigenvalue weighted by Crippen LogP contribution is -2.59. The highest BCUT2D eigenvalue weighted by Gasteiger charge is 2.82. The number of nitro benzene ring substituents is 2. The molecule has 1 aromatic rings. The summed E-state index contributed by atoms with van der Waals surface area (Å²) in [5.74, 6) is 7.11. The monoisotopic (exact) mass is 342 g/mol. The average molecular weight is 342 g/mol. The van der Waals surface area contributed by atoms with E-state index in [0.29, 0.717) is 11.5 Å². The average Bonchev–Trinajstić information content (AvgIpc) is 3.24. The van der Waals surface area contributed by atoms with Crippen molar-refractivity contribution in [3.05, 3.63) is 44.0 Å². The summed E-state index contributed by atoms with van der Waals surface area (Å²) in [5.41, 5.74) is -0.0427. The zero-order chi connectivity index (χ0) is 17.0. The van der Waals surface area contributed by atoms with E-state index in [-0.39, 0.29) is 24.1 Å². The Labute approximate surface area is 143 Å². The Hall–Kier alpha value is -2.02. The summed E-state index contributed by atoms with van der Waals surface area (Å²) in [6.07, 6.45) is 2.75. The highest BCUT2D eigenvalue weighted by molar-refractivity contribution is 5.48. The Kier molecular flexibility index (Phi) is 2.49. The Balaban J connectivity index is 1.21. The molecule has 0 saturated heterocycles. The third kappa shape index (κ3) is 1.60. The van der Waals surface area contributed by atoms with Gasteiger partial charge in [-0.05, 0) is 66.3 Å². The summed E-state index contributed by atoms with van der Waals surface area (Å²) in [6.45, 7) is 0.172. The molecule has 5 aliphatic carbocycles. The summed E-state index contributed by atoms with van der Waals surface area (Å²) in [5, 5.41) is 22.1. The van der Waals surface area contributed by atoms with Gasteiger partial charge in [0.1, 0.15) is 0 Å². The van der Waals surface area contributed by atoms with Gasteiger partial charge in [-0.15, -0.1) is 0 Å². The first kappa shape index (κ1) is 14.2. The minimum absolute atomic E-state index is 0.172. The number of non-ortho nitro benzene ring substituents is 1. The first-order chi connectivity index (χ1) is 12.1. The number of rotatable bonds is 5. The van der Waals surface area contributed by atoms with Crippen LogP contribution in [0.25, 0.3) is 0 Å². The van der Waals surface area contributed by atoms with Gasteiger partial charge in [0, 0.05) is 6.07 Å². The number of fused-ring (bicyclic) bond motifs is 5. The van der Waals surface area contributed by atoms with Crippen molar-refractivity contribution in [3.63, 3.8) is 0 Å². The van der Waals surface area contributed by atoms with Crippen molar-refractivity contribution in [1.82, 2.24) is 0 Å². The van der Waals surface area contributed by atoms with Crippen LogP contribution in [0.1, 0.15) is 18.4 Å². The van der Waals surface area contributed by atoms with Gasteiger partial charge in [0.2, 0.25) is 0 Å². The molecule has 130 valence electrons. The van der Waals surface area contributed by atoms with Crippen molar-refractivity contribution in [2.75, 3.05) is 0 Å². The van der Waals surface area contributed by atoms with E-state index in [1.165, 1.54) is 18.6 Å². The summed E-state index contributed by atoms with van der Waals surface area (Å²) >= 11 is 0. The SMILES string of the molecule is O=[N+]([O-])c1ccc(CO[C@@H]2C[C@@H]3[C@@H]4[C@@H]5C[C@@H]5[C@@H]5[C@@H]4[C@H]3[C@H]52)c([N+](=O)[O-])c1. The number of benzene rings is 1. The van der Waals surface area contributed by atoms with Crippen LogP contribution >= 0.6 is 0 Å². The highest BCUT2D eigenvalue weighted by Crippen LogP contribution is 2.85. The van der Waals surface area contributed by atoms with E-state index < -0.39 is 9.85 Å². The fourth-order valence-electron chi connectivity index (χ4n) is 7.23. The van der Waals surface area contributed by atoms with Crippen LogP contribution in [0.3, 0.4) is 0 Å². The third-order valence-corrected chi connectivity index (χ3v) is 7.95. The lowest BCUT2D eigenvalue weighted by molar-refractivity contribution is -0.394. The predicted octanol–water partition coefficient (Wildman–Crippen LogP) is 3.17. The topological polar surface area (TPSA) is 95.5 Å². The molecule has 5 aliphatic rings. The van der Waals surface area contributed by atoms with Crippen LogP contribution in [0.4, 0.5) is 11.4 Å². The highest BCUT2D eigenvalue weighted by atomic mass is 16.6. The van der Waals surface area contributed by atoms with Gasteiger partial charge < -0.3 is 4.74 Å². The number of hydrogen-bond acceptors (Lipinski definition) is 5. The van der Waals surface area contributed by atoms with E-state index in [1.807, 2.05) is 0 Å². The molecule has 7 nitrogen and oxygen atoms in total. The quantitative estimate of drug-likeness (QED) is 0.605. The zero-order valence-corrected chi connectivity index (χ0v) is 13.5. The Morgan fingerprint density at radius 3 is 2.44 bits per heavy atom. The minimum atomic E-state index is -0.608. The molecule has 9 atom stereocenters. The molecule has 0 unspecified atom stereocenters. The van der Waals surface area contributed by atoms with Crippen LogP contribution in [-0.2, 0) is 11.3 Å². The summed E-state index contributed by atoms with van der Waals surface area (Å²) in [6, 6.07) is 3.82. The van der Waals surface area contributed by atoms with Crippen molar-refractivity contribution in [2.24, 2.45) is 47.3 Å². The van der Waals surface area contributed by atoms with Gasteiger partial charge >= 0.3 is 0 Å². The first-order valence-corrected chi connectivity index (χ1v) is 9.09. The van der Waals surface area contributed by atoms with Crippen LogP contribution in [0.2, 0.25) is 0 Å². The van der Waals surface area contributed by atoms with Gasteiger partial charge in [-0.2, -0.15) is 0 Å². The summed E-state index contributed by atoms with van der Waals surface area (Å²) < 4.78 is 6.16. The number of hydrogen-bond donors (Lipinski definition) is 0. The largest absolute Gasteiger partial charge is 0.373 e. The second-order valence-electron chi connectivity index (χ2n) is 8.53. The van der Waals surface area contributed by atoms with Gasteiger partial charge in [0.15, 0.2) is 0 Å². The fraction of sp³-hybridized carbons (Fsp3) is 0.667. The maximum atomic E-state index is 11.3. The molecule has 0 bridgehead atoms. The fourth-order valence-corrected chi connectivity index (χ4v) is 7.23. The summed E-state index contributed by atoms with van der Waals surface area (Å²) in [7, 11) is 0. The smallest absolute Gasteiger partial charge is 0.281 e. The van der Waals surface area contributed by atoms with Crippen LogP contribution in [0.15, 0.2) is 18.2 Å². The molecule has 0 N–H and O–H groups in total. The molecule has 0 amide bonds. The number of nitrogens with zero attached hydrogens (tertiary/aromatic N) is 2. The second-order valence-corrected chi connectivity index (χ2v) is 8.53. The van der Waals surface area contributed by atoms with Crippen LogP contribution < -0.4 is 0 Å². The number of nitro groups is 2. The first-order valence-electron chi connectivity index (χ1n) is 9.09. The van der Waals surface area contributed by atoms with E-state index >= 15 is 0 Å². The molecule has 1 aromatic carbocycles. The van der Waals surface area contributed by atoms with Crippen molar-refractivity contribution in [1.29, 1.82) is 0 Å². The van der Waals surface area contributed by atoms with Crippen LogP contribution in [0, 0.1) is 67.6 Å². The van der Waals surface area contributed by atoms with Crippen LogP contribution in [-0.4, -0.2) is 16.0 Å². The second kappa shape index (κ2) is 4.38. The van der Waals surface area contributed by atoms with E-state index in [9.17, 15) is 20.2 Å². The van der Waals surface area contributed by atoms with E-state index in [1.54, 1.807) is 0 Å². The van der Waals surface area contributed by atoms with Gasteiger partial charge in [-0.3, -0.25) is 20.2 Å². The van der Waals surface area contributed by atoms with Gasteiger partial charge in [0.25, 0.3) is 11.4 Å². The molecular weight excluding hydrogens is 324 g/mol. The standard InChI is InChI=1S/C18H18N2O5/c21-19(22)8-2-1-7(12(3-8)20(23)24)6-25-13-5-11-14-9-4-10(9)15-17(13)16(11)18(14)15/h1-3,9-11,13-18H,4-6H2/t9-,10+,11-,13-,14+,15+,16-,17+,18-/m1/s1. The van der Waals surface area contributed by atoms with Crippen molar-refractivity contribution in [2.45, 2.75) is 25.6 Å². The molecule has 0 aliphatic heterocycles. The molecule has 6 rings (SSSR count). The summed E-state index contributed by atoms with van der Waals surface area (Å²) in [4.78, 5) is 20.9. The molecule has 0 spiro atoms. The Morgan fingerprint density at radius 1 is 0.920 bits per heavy atom. The molecule has 25 heavy (non-hydrogen) atoms. The van der Waals surface area contributed by atoms with E-state index in [0.717, 1.165) is 53.9 Å². The molecular formula is C18H18N2O5. The van der Waals surface area contributed by atoms with E-state index in [2.05, 4.69) is 0 Å². The molecule has 5 fully saturated rings. The van der Waals surface area contributed by atoms with Gasteiger partial charge in [-0.25, -0.2) is 0 Å². The molecule has 5 saturated carbocycles. The molecule has 7 heteroatoms. The molecule has 0 heterocycles. The third-order valence-electron chi connectivity index (χ3n) is 7.95. The zero-order valence-electron chi connectivity index (χ0n) is 13.5. The van der Waals surface area contributed by atoms with Crippen molar-refractivity contribution >= 4 is 11.4 Å². The Bertz CT molecular complexity index is 826. The minimum Gasteiger partial charge on any atom is -0.373 e. The van der Waals surface area contributed by atoms with Gasteiger partial charge in [0.05, 0.1) is 34.2 Å². The van der Waals surface area contributed by atoms with Gasteiger partial charge in [-0.1, -0.05) is 0 Å². The number of ether oxygens (including phenoxy) is 1. The maximum absolute atomic E-state index is 11.3. The lowest BCUT2D eigenvalue weighted by Gasteiger charge is -2.61. The normalized spacial score (nSPS) is 46.6. The molecule has 0 radical (unpaired) electrons. The van der Waals surface area contributed by atoms with E-state index in [4.69, 9.17) is 4.74 Å². The molecule has 0 aromatic heterocycles.